The van der Waals surface area contributed by atoms with Crippen LogP contribution in [0.25, 0.3) is 6.08 Å². The topological polar surface area (TPSA) is 33.3 Å². The van der Waals surface area contributed by atoms with E-state index < -0.39 is 0 Å². The molecule has 0 aliphatic heterocycles. The number of nitrogens with one attached hydrogen (secondary N) is 2. The molecule has 21 heavy (non-hydrogen) atoms. The maximum absolute atomic E-state index is 5.49. The molecule has 0 radical (unpaired) electrons. The molecule has 2 aromatic carbocycles. The van der Waals surface area contributed by atoms with E-state index in [-0.39, 0.29) is 0 Å². The number of ether oxygens (including phenoxy) is 1. The number of anilines is 1. The zero-order valence-electron chi connectivity index (χ0n) is 13.0. The maximum Gasteiger partial charge on any atom is 0.129 e. The summed E-state index contributed by atoms with van der Waals surface area (Å²) >= 11 is 0. The number of para-hydroxylation sites is 1. The number of methoxy groups -OCH3 is 1. The van der Waals surface area contributed by atoms with Gasteiger partial charge in [-0.05, 0) is 49.6 Å². The van der Waals surface area contributed by atoms with Crippen LogP contribution in [-0.4, -0.2) is 7.11 Å². The van der Waals surface area contributed by atoms with Crippen molar-refractivity contribution in [3.05, 3.63) is 64.9 Å². The van der Waals surface area contributed by atoms with Gasteiger partial charge in [0, 0.05) is 11.8 Å². The molecular formula is C18H22N2O. The summed E-state index contributed by atoms with van der Waals surface area (Å²) in [5, 5.41) is 0. The van der Waals surface area contributed by atoms with Gasteiger partial charge in [0.1, 0.15) is 5.75 Å². The second kappa shape index (κ2) is 6.84. The van der Waals surface area contributed by atoms with Crippen LogP contribution in [0.1, 0.15) is 22.3 Å². The van der Waals surface area contributed by atoms with Crippen molar-refractivity contribution >= 4 is 11.8 Å². The van der Waals surface area contributed by atoms with Gasteiger partial charge < -0.3 is 15.6 Å². The summed E-state index contributed by atoms with van der Waals surface area (Å²) in [7, 11) is 1.71. The SMILES string of the molecule is COc1c(/C=C/NNc2ccccc2C)ccc(C)c1C. The van der Waals surface area contributed by atoms with Crippen LogP contribution in [-0.2, 0) is 0 Å². The number of benzene rings is 2. The van der Waals surface area contributed by atoms with Gasteiger partial charge in [0.05, 0.1) is 12.8 Å². The molecule has 2 aromatic rings. The lowest BCUT2D eigenvalue weighted by atomic mass is 10.0. The molecule has 0 fully saturated rings. The van der Waals surface area contributed by atoms with Crippen LogP contribution < -0.4 is 15.6 Å². The molecule has 0 aliphatic rings. The summed E-state index contributed by atoms with van der Waals surface area (Å²) in [5.41, 5.74) is 12.0. The third kappa shape index (κ3) is 3.57. The van der Waals surface area contributed by atoms with Crippen LogP contribution in [0.15, 0.2) is 42.6 Å². The van der Waals surface area contributed by atoms with E-state index in [0.717, 1.165) is 17.0 Å². The maximum atomic E-state index is 5.49. The van der Waals surface area contributed by atoms with Gasteiger partial charge in [0.2, 0.25) is 0 Å². The molecule has 2 rings (SSSR count). The first kappa shape index (κ1) is 15.0. The highest BCUT2D eigenvalue weighted by molar-refractivity contribution is 5.61. The Bertz CT molecular complexity index is 648. The average molecular weight is 282 g/mol. The minimum atomic E-state index is 0.920. The second-order valence-corrected chi connectivity index (χ2v) is 5.05. The summed E-state index contributed by atoms with van der Waals surface area (Å²) in [6.45, 7) is 6.23. The third-order valence-corrected chi connectivity index (χ3v) is 3.61. The fourth-order valence-corrected chi connectivity index (χ4v) is 2.18. The third-order valence-electron chi connectivity index (χ3n) is 3.61. The molecule has 0 unspecified atom stereocenters. The highest BCUT2D eigenvalue weighted by atomic mass is 16.5. The number of hydrogen-bond acceptors (Lipinski definition) is 3. The number of rotatable bonds is 5. The molecule has 0 aliphatic carbocycles. The summed E-state index contributed by atoms with van der Waals surface area (Å²) in [4.78, 5) is 0. The molecule has 0 heterocycles. The summed E-state index contributed by atoms with van der Waals surface area (Å²) in [6, 6.07) is 12.3. The van der Waals surface area contributed by atoms with Crippen molar-refractivity contribution in [1.82, 2.24) is 5.43 Å². The van der Waals surface area contributed by atoms with Crippen molar-refractivity contribution in [2.24, 2.45) is 0 Å². The van der Waals surface area contributed by atoms with Crippen LogP contribution in [0.4, 0.5) is 5.69 Å². The lowest BCUT2D eigenvalue weighted by Crippen LogP contribution is -2.14. The summed E-state index contributed by atoms with van der Waals surface area (Å²) in [6.07, 6.45) is 3.87. The van der Waals surface area contributed by atoms with Crippen molar-refractivity contribution in [3.8, 4) is 5.75 Å². The van der Waals surface area contributed by atoms with Gasteiger partial charge in [-0.25, -0.2) is 0 Å². The van der Waals surface area contributed by atoms with Gasteiger partial charge in [-0.3, -0.25) is 0 Å². The molecule has 110 valence electrons. The Morgan fingerprint density at radius 2 is 1.71 bits per heavy atom. The van der Waals surface area contributed by atoms with E-state index >= 15 is 0 Å². The first-order valence-corrected chi connectivity index (χ1v) is 7.01. The summed E-state index contributed by atoms with van der Waals surface area (Å²) < 4.78 is 5.49. The average Bonchev–Trinajstić information content (AvgIpc) is 2.49. The van der Waals surface area contributed by atoms with Crippen molar-refractivity contribution in [3.63, 3.8) is 0 Å². The molecule has 0 atom stereocenters. The molecule has 0 saturated heterocycles. The van der Waals surface area contributed by atoms with E-state index in [1.807, 2.05) is 30.5 Å². The molecule has 3 heteroatoms. The zero-order chi connectivity index (χ0) is 15.2. The normalized spacial score (nSPS) is 10.7. The smallest absolute Gasteiger partial charge is 0.129 e. The first-order valence-electron chi connectivity index (χ1n) is 7.01. The first-order chi connectivity index (χ1) is 10.1. The fraction of sp³-hybridized carbons (Fsp3) is 0.222. The van der Waals surface area contributed by atoms with E-state index in [2.05, 4.69) is 49.8 Å². The molecule has 0 saturated carbocycles. The minimum absolute atomic E-state index is 0.920. The second-order valence-electron chi connectivity index (χ2n) is 5.05. The summed E-state index contributed by atoms with van der Waals surface area (Å²) in [5.74, 6) is 0.920. The van der Waals surface area contributed by atoms with Crippen LogP contribution >= 0.6 is 0 Å². The molecular weight excluding hydrogens is 260 g/mol. The van der Waals surface area contributed by atoms with E-state index in [9.17, 15) is 0 Å². The Hall–Kier alpha value is -2.42. The predicted octanol–water partition coefficient (Wildman–Crippen LogP) is 4.21. The highest BCUT2D eigenvalue weighted by Gasteiger charge is 2.05. The van der Waals surface area contributed by atoms with Crippen molar-refractivity contribution in [1.29, 1.82) is 0 Å². The number of hydrazine groups is 1. The van der Waals surface area contributed by atoms with Crippen LogP contribution in [0.2, 0.25) is 0 Å². The van der Waals surface area contributed by atoms with Crippen molar-refractivity contribution in [2.45, 2.75) is 20.8 Å². The van der Waals surface area contributed by atoms with E-state index in [1.54, 1.807) is 7.11 Å². The number of hydrogen-bond donors (Lipinski definition) is 2. The molecule has 0 aromatic heterocycles. The predicted molar refractivity (Wildman–Crippen MR) is 89.4 cm³/mol. The van der Waals surface area contributed by atoms with E-state index in [4.69, 9.17) is 4.74 Å². The molecule has 0 bridgehead atoms. The minimum Gasteiger partial charge on any atom is -0.496 e. The Morgan fingerprint density at radius 1 is 0.952 bits per heavy atom. The lowest BCUT2D eigenvalue weighted by Gasteiger charge is -2.11. The standard InChI is InChI=1S/C18H22N2O/c1-13-9-10-16(18(21-4)15(13)3)11-12-19-20-17-8-6-5-7-14(17)2/h5-12,19-20H,1-4H3/b12-11+. The number of aryl methyl sites for hydroxylation is 2. The highest BCUT2D eigenvalue weighted by Crippen LogP contribution is 2.26. The van der Waals surface area contributed by atoms with Gasteiger partial charge in [-0.15, -0.1) is 0 Å². The van der Waals surface area contributed by atoms with Gasteiger partial charge in [0.15, 0.2) is 0 Å². The molecule has 0 amide bonds. The van der Waals surface area contributed by atoms with Crippen LogP contribution in [0.5, 0.6) is 5.75 Å². The van der Waals surface area contributed by atoms with E-state index in [0.29, 0.717) is 0 Å². The van der Waals surface area contributed by atoms with Crippen LogP contribution in [0.3, 0.4) is 0 Å². The quantitative estimate of drug-likeness (QED) is 0.806. The monoisotopic (exact) mass is 282 g/mol. The Balaban J connectivity index is 2.05. The molecule has 0 spiro atoms. The van der Waals surface area contributed by atoms with Crippen molar-refractivity contribution < 1.29 is 4.74 Å². The zero-order valence-corrected chi connectivity index (χ0v) is 13.0. The molecule has 3 nitrogen and oxygen atoms in total. The Labute approximate surface area is 126 Å². The Kier molecular flexibility index (Phi) is 4.88. The van der Waals surface area contributed by atoms with Crippen molar-refractivity contribution in [2.75, 3.05) is 12.5 Å². The fourth-order valence-electron chi connectivity index (χ4n) is 2.18. The van der Waals surface area contributed by atoms with Gasteiger partial charge in [-0.2, -0.15) is 0 Å². The lowest BCUT2D eigenvalue weighted by molar-refractivity contribution is 0.410. The molecule has 2 N–H and O–H groups in total. The van der Waals surface area contributed by atoms with E-state index in [1.165, 1.54) is 16.7 Å². The Morgan fingerprint density at radius 3 is 2.43 bits per heavy atom. The van der Waals surface area contributed by atoms with Gasteiger partial charge in [0.25, 0.3) is 0 Å². The largest absolute Gasteiger partial charge is 0.496 e. The van der Waals surface area contributed by atoms with Gasteiger partial charge in [-0.1, -0.05) is 30.3 Å². The van der Waals surface area contributed by atoms with Crippen LogP contribution in [0, 0.1) is 20.8 Å². The van der Waals surface area contributed by atoms with Gasteiger partial charge >= 0.3 is 0 Å².